The number of esters is 1. The fourth-order valence-electron chi connectivity index (χ4n) is 5.70. The van der Waals surface area contributed by atoms with Gasteiger partial charge in [-0.1, -0.05) is 26.0 Å². The van der Waals surface area contributed by atoms with Gasteiger partial charge in [0, 0.05) is 0 Å². The van der Waals surface area contributed by atoms with Gasteiger partial charge in [-0.25, -0.2) is 4.79 Å². The second kappa shape index (κ2) is 6.66. The summed E-state index contributed by atoms with van der Waals surface area (Å²) in [4.78, 5) is 12.4. The van der Waals surface area contributed by atoms with E-state index in [1.807, 2.05) is 12.1 Å². The molecule has 4 fully saturated rings. The van der Waals surface area contributed by atoms with E-state index in [0.29, 0.717) is 5.92 Å². The lowest BCUT2D eigenvalue weighted by Gasteiger charge is -2.55. The number of hydrogen-bond donors (Lipinski definition) is 0. The fraction of sp³-hybridized carbons (Fsp3) is 0.682. The Morgan fingerprint density at radius 3 is 2.16 bits per heavy atom. The highest BCUT2D eigenvalue weighted by Crippen LogP contribution is 2.57. The Morgan fingerprint density at radius 2 is 1.64 bits per heavy atom. The van der Waals surface area contributed by atoms with Gasteiger partial charge in [0.05, 0.1) is 0 Å². The van der Waals surface area contributed by atoms with Crippen molar-refractivity contribution in [2.24, 2.45) is 17.8 Å². The maximum Gasteiger partial charge on any atom is 0.344 e. The summed E-state index contributed by atoms with van der Waals surface area (Å²) >= 11 is 0. The van der Waals surface area contributed by atoms with Crippen LogP contribution in [0.4, 0.5) is 0 Å². The Bertz CT molecular complexity index is 583. The van der Waals surface area contributed by atoms with Gasteiger partial charge in [-0.05, 0) is 86.3 Å². The van der Waals surface area contributed by atoms with E-state index < -0.39 is 0 Å². The zero-order valence-electron chi connectivity index (χ0n) is 15.5. The standard InChI is InChI=1S/C22H30O3/c1-3-15(2)19-4-6-20(7-5-19)24-14-21(23)25-22-11-16-8-17(12-22)10-18(9-16)13-22/h4-7,15-18H,3,8-14H2,1-2H3. The quantitative estimate of drug-likeness (QED) is 0.675. The maximum atomic E-state index is 12.4. The molecule has 4 aliphatic carbocycles. The van der Waals surface area contributed by atoms with Crippen LogP contribution < -0.4 is 4.74 Å². The van der Waals surface area contributed by atoms with Crippen molar-refractivity contribution in [3.63, 3.8) is 0 Å². The molecule has 5 rings (SSSR count). The van der Waals surface area contributed by atoms with Gasteiger partial charge in [0.25, 0.3) is 0 Å². The van der Waals surface area contributed by atoms with Gasteiger partial charge in [0.2, 0.25) is 0 Å². The molecule has 4 bridgehead atoms. The fourth-order valence-corrected chi connectivity index (χ4v) is 5.70. The third-order valence-corrected chi connectivity index (χ3v) is 6.73. The lowest BCUT2D eigenvalue weighted by Crippen LogP contribution is -2.53. The molecule has 1 unspecified atom stereocenters. The van der Waals surface area contributed by atoms with Gasteiger partial charge in [-0.15, -0.1) is 0 Å². The van der Waals surface area contributed by atoms with Crippen molar-refractivity contribution in [1.82, 2.24) is 0 Å². The number of carbonyl (C=O) groups is 1. The van der Waals surface area contributed by atoms with Crippen LogP contribution in [0, 0.1) is 17.8 Å². The third kappa shape index (κ3) is 3.56. The second-order valence-corrected chi connectivity index (χ2v) is 8.74. The van der Waals surface area contributed by atoms with E-state index in [0.717, 1.165) is 49.2 Å². The molecule has 0 aromatic heterocycles. The Labute approximate surface area is 151 Å². The van der Waals surface area contributed by atoms with Gasteiger partial charge in [0.1, 0.15) is 11.4 Å². The summed E-state index contributed by atoms with van der Waals surface area (Å²) in [5.41, 5.74) is 1.14. The van der Waals surface area contributed by atoms with Crippen LogP contribution >= 0.6 is 0 Å². The summed E-state index contributed by atoms with van der Waals surface area (Å²) < 4.78 is 11.7. The normalized spacial score (nSPS) is 33.9. The van der Waals surface area contributed by atoms with Gasteiger partial charge >= 0.3 is 5.97 Å². The van der Waals surface area contributed by atoms with Crippen LogP contribution in [-0.4, -0.2) is 18.2 Å². The molecule has 136 valence electrons. The van der Waals surface area contributed by atoms with Crippen LogP contribution in [0.2, 0.25) is 0 Å². The van der Waals surface area contributed by atoms with E-state index in [9.17, 15) is 4.79 Å². The highest BCUT2D eigenvalue weighted by Gasteiger charge is 2.53. The molecule has 3 heteroatoms. The van der Waals surface area contributed by atoms with Crippen LogP contribution in [-0.2, 0) is 9.53 Å². The monoisotopic (exact) mass is 342 g/mol. The van der Waals surface area contributed by atoms with Gasteiger partial charge in [-0.2, -0.15) is 0 Å². The van der Waals surface area contributed by atoms with E-state index in [1.54, 1.807) is 0 Å². The molecule has 1 aromatic rings. The first-order valence-corrected chi connectivity index (χ1v) is 10.00. The first kappa shape index (κ1) is 16.9. The van der Waals surface area contributed by atoms with E-state index in [-0.39, 0.29) is 18.2 Å². The summed E-state index contributed by atoms with van der Waals surface area (Å²) in [5.74, 6) is 3.45. The van der Waals surface area contributed by atoms with Gasteiger partial charge in [-0.3, -0.25) is 0 Å². The minimum Gasteiger partial charge on any atom is -0.482 e. The molecule has 0 N–H and O–H groups in total. The molecule has 0 radical (unpaired) electrons. The number of rotatable bonds is 6. The first-order valence-electron chi connectivity index (χ1n) is 10.00. The third-order valence-electron chi connectivity index (χ3n) is 6.73. The van der Waals surface area contributed by atoms with Crippen LogP contribution in [0.1, 0.15) is 70.3 Å². The molecule has 4 aliphatic rings. The lowest BCUT2D eigenvalue weighted by molar-refractivity contribution is -0.188. The van der Waals surface area contributed by atoms with Crippen molar-refractivity contribution in [1.29, 1.82) is 0 Å². The molecule has 1 aromatic carbocycles. The van der Waals surface area contributed by atoms with Crippen molar-refractivity contribution < 1.29 is 14.3 Å². The Kier molecular flexibility index (Phi) is 4.51. The first-order chi connectivity index (χ1) is 12.0. The average Bonchev–Trinajstić information content (AvgIpc) is 2.58. The van der Waals surface area contributed by atoms with Crippen LogP contribution in [0.15, 0.2) is 24.3 Å². The summed E-state index contributed by atoms with van der Waals surface area (Å²) in [6, 6.07) is 8.10. The highest BCUT2D eigenvalue weighted by molar-refractivity contribution is 5.71. The molecule has 0 saturated heterocycles. The maximum absolute atomic E-state index is 12.4. The molecule has 0 heterocycles. The van der Waals surface area contributed by atoms with E-state index in [4.69, 9.17) is 9.47 Å². The molecule has 25 heavy (non-hydrogen) atoms. The van der Waals surface area contributed by atoms with Crippen LogP contribution in [0.25, 0.3) is 0 Å². The van der Waals surface area contributed by atoms with E-state index in [1.165, 1.54) is 24.8 Å². The Morgan fingerprint density at radius 1 is 1.08 bits per heavy atom. The minimum absolute atomic E-state index is 0.0183. The smallest absolute Gasteiger partial charge is 0.344 e. The summed E-state index contributed by atoms with van der Waals surface area (Å²) in [5, 5.41) is 0. The lowest BCUT2D eigenvalue weighted by atomic mass is 9.54. The molecule has 1 atom stereocenters. The summed E-state index contributed by atoms with van der Waals surface area (Å²) in [6.07, 6.45) is 8.43. The van der Waals surface area contributed by atoms with Crippen molar-refractivity contribution >= 4 is 5.97 Å². The van der Waals surface area contributed by atoms with Gasteiger partial charge < -0.3 is 9.47 Å². The van der Waals surface area contributed by atoms with E-state index >= 15 is 0 Å². The number of carbonyl (C=O) groups excluding carboxylic acids is 1. The van der Waals surface area contributed by atoms with Crippen LogP contribution in [0.5, 0.6) is 5.75 Å². The zero-order valence-corrected chi connectivity index (χ0v) is 15.5. The summed E-state index contributed by atoms with van der Waals surface area (Å²) in [6.45, 7) is 4.43. The Balaban J connectivity index is 1.31. The van der Waals surface area contributed by atoms with Crippen molar-refractivity contribution in [2.75, 3.05) is 6.61 Å². The number of ether oxygens (including phenoxy) is 2. The Hall–Kier alpha value is -1.51. The molecular weight excluding hydrogens is 312 g/mol. The van der Waals surface area contributed by atoms with Gasteiger partial charge in [0.15, 0.2) is 6.61 Å². The van der Waals surface area contributed by atoms with Crippen molar-refractivity contribution in [3.8, 4) is 5.75 Å². The molecule has 0 amide bonds. The number of hydrogen-bond acceptors (Lipinski definition) is 3. The zero-order chi connectivity index (χ0) is 17.4. The molecule has 4 saturated carbocycles. The highest BCUT2D eigenvalue weighted by atomic mass is 16.6. The summed E-state index contributed by atoms with van der Waals surface area (Å²) in [7, 11) is 0. The minimum atomic E-state index is -0.201. The molecule has 3 nitrogen and oxygen atoms in total. The molecule has 0 spiro atoms. The topological polar surface area (TPSA) is 35.5 Å². The molecule has 0 aliphatic heterocycles. The molecular formula is C22H30O3. The van der Waals surface area contributed by atoms with E-state index in [2.05, 4.69) is 26.0 Å². The van der Waals surface area contributed by atoms with Crippen molar-refractivity contribution in [3.05, 3.63) is 29.8 Å². The van der Waals surface area contributed by atoms with Crippen LogP contribution in [0.3, 0.4) is 0 Å². The largest absolute Gasteiger partial charge is 0.482 e. The predicted octanol–water partition coefficient (Wildman–Crippen LogP) is 5.09. The average molecular weight is 342 g/mol. The number of benzene rings is 1. The predicted molar refractivity (Wildman–Crippen MR) is 97.6 cm³/mol. The second-order valence-electron chi connectivity index (χ2n) is 8.74. The SMILES string of the molecule is CCC(C)c1ccc(OCC(=O)OC23CC4CC(CC(C4)C2)C3)cc1. The van der Waals surface area contributed by atoms with Crippen molar-refractivity contribution in [2.45, 2.75) is 70.3 Å².